The van der Waals surface area contributed by atoms with Gasteiger partial charge in [-0.1, -0.05) is 6.07 Å². The minimum atomic E-state index is -0.496. The summed E-state index contributed by atoms with van der Waals surface area (Å²) in [5.41, 5.74) is 2.41. The van der Waals surface area contributed by atoms with Gasteiger partial charge in [-0.15, -0.1) is 11.3 Å². The van der Waals surface area contributed by atoms with Crippen LogP contribution in [-0.2, 0) is 5.54 Å². The van der Waals surface area contributed by atoms with Gasteiger partial charge in [0.05, 0.1) is 11.1 Å². The molecule has 2 aromatic heterocycles. The van der Waals surface area contributed by atoms with Crippen LogP contribution in [0.25, 0.3) is 10.9 Å². The van der Waals surface area contributed by atoms with Crippen molar-refractivity contribution in [3.05, 3.63) is 76.0 Å². The monoisotopic (exact) mass is 502 g/mol. The van der Waals surface area contributed by atoms with Gasteiger partial charge < -0.3 is 20.4 Å². The summed E-state index contributed by atoms with van der Waals surface area (Å²) in [5.74, 6) is -0.0411. The zero-order valence-electron chi connectivity index (χ0n) is 20.7. The van der Waals surface area contributed by atoms with Crippen LogP contribution in [0.4, 0.5) is 11.5 Å². The summed E-state index contributed by atoms with van der Waals surface area (Å²) in [6, 6.07) is 16.9. The van der Waals surface area contributed by atoms with E-state index in [1.54, 1.807) is 29.5 Å². The number of carbonyl (C=O) groups excluding carboxylic acids is 2. The van der Waals surface area contributed by atoms with E-state index in [4.69, 9.17) is 0 Å². The van der Waals surface area contributed by atoms with E-state index in [2.05, 4.69) is 37.7 Å². The number of H-pyrrole nitrogens is 1. The number of aromatic amines is 1. The summed E-state index contributed by atoms with van der Waals surface area (Å²) in [4.78, 5) is 31.7. The number of amides is 2. The van der Waals surface area contributed by atoms with Crippen LogP contribution in [0.1, 0.15) is 39.4 Å². The topological polar surface area (TPSA) is 93.4 Å². The second-order valence-corrected chi connectivity index (χ2v) is 10.6. The Hall–Kier alpha value is -3.69. The molecule has 0 atom stereocenters. The van der Waals surface area contributed by atoms with Gasteiger partial charge >= 0.3 is 0 Å². The average molecular weight is 503 g/mol. The van der Waals surface area contributed by atoms with Crippen molar-refractivity contribution >= 4 is 45.6 Å². The Morgan fingerprint density at radius 3 is 2.39 bits per heavy atom. The number of likely N-dealkylation sites (N-methyl/N-ethyl adjacent to an activating group) is 1. The zero-order chi connectivity index (χ0) is 25.3. The lowest BCUT2D eigenvalue weighted by Crippen LogP contribution is -2.44. The molecule has 0 saturated carbocycles. The van der Waals surface area contributed by atoms with Crippen molar-refractivity contribution in [1.82, 2.24) is 20.4 Å². The molecule has 4 aromatic rings. The largest absolute Gasteiger partial charge is 0.369 e. The molecule has 36 heavy (non-hydrogen) atoms. The lowest BCUT2D eigenvalue weighted by Gasteiger charge is -2.34. The molecule has 186 valence electrons. The van der Waals surface area contributed by atoms with E-state index in [9.17, 15) is 9.59 Å². The molecule has 0 unspecified atom stereocenters. The lowest BCUT2D eigenvalue weighted by atomic mass is 10.0. The van der Waals surface area contributed by atoms with E-state index in [1.165, 1.54) is 0 Å². The van der Waals surface area contributed by atoms with Crippen molar-refractivity contribution in [3.63, 3.8) is 0 Å². The highest BCUT2D eigenvalue weighted by Crippen LogP contribution is 2.27. The van der Waals surface area contributed by atoms with Gasteiger partial charge in [0.1, 0.15) is 0 Å². The minimum absolute atomic E-state index is 0.187. The first-order chi connectivity index (χ1) is 17.3. The Balaban J connectivity index is 1.30. The molecule has 1 fully saturated rings. The summed E-state index contributed by atoms with van der Waals surface area (Å²) >= 11 is 1.61. The number of carbonyl (C=O) groups is 2. The molecule has 5 rings (SSSR count). The number of anilines is 2. The third kappa shape index (κ3) is 4.98. The van der Waals surface area contributed by atoms with Gasteiger partial charge in [0, 0.05) is 53.3 Å². The predicted molar refractivity (Wildman–Crippen MR) is 145 cm³/mol. The lowest BCUT2D eigenvalue weighted by molar-refractivity contribution is 0.0913. The summed E-state index contributed by atoms with van der Waals surface area (Å²) < 4.78 is 0. The molecule has 0 radical (unpaired) electrons. The highest BCUT2D eigenvalue weighted by molar-refractivity contribution is 7.10. The molecule has 1 saturated heterocycles. The Bertz CT molecular complexity index is 1370. The summed E-state index contributed by atoms with van der Waals surface area (Å²) in [6.45, 7) is 7.96. The highest BCUT2D eigenvalue weighted by Gasteiger charge is 2.25. The maximum atomic E-state index is 13.0. The van der Waals surface area contributed by atoms with Crippen molar-refractivity contribution in [2.24, 2.45) is 0 Å². The maximum Gasteiger partial charge on any atom is 0.256 e. The fraction of sp³-hybridized carbons (Fsp3) is 0.296. The molecule has 0 aliphatic carbocycles. The molecule has 2 aromatic carbocycles. The third-order valence-corrected chi connectivity index (χ3v) is 7.81. The van der Waals surface area contributed by atoms with Crippen LogP contribution in [-0.4, -0.2) is 60.1 Å². The van der Waals surface area contributed by atoms with Crippen molar-refractivity contribution in [1.29, 1.82) is 0 Å². The van der Waals surface area contributed by atoms with E-state index in [0.29, 0.717) is 22.3 Å². The summed E-state index contributed by atoms with van der Waals surface area (Å²) in [6.07, 6.45) is 0. The van der Waals surface area contributed by atoms with Crippen LogP contribution in [0.3, 0.4) is 0 Å². The van der Waals surface area contributed by atoms with Crippen molar-refractivity contribution in [3.8, 4) is 0 Å². The molecular formula is C27H30N6O2S. The van der Waals surface area contributed by atoms with Crippen LogP contribution in [0.2, 0.25) is 0 Å². The number of benzene rings is 2. The van der Waals surface area contributed by atoms with E-state index >= 15 is 0 Å². The SMILES string of the molecule is CN1CCN(c2ccc(C(=O)Nc3n[nH]c4ccc(C(=O)NC(C)(C)c5cccs5)cc34)cc2)CC1. The molecular weight excluding hydrogens is 472 g/mol. The number of aromatic nitrogens is 2. The van der Waals surface area contributed by atoms with E-state index in [1.807, 2.05) is 55.6 Å². The fourth-order valence-corrected chi connectivity index (χ4v) is 5.18. The number of hydrogen-bond donors (Lipinski definition) is 3. The standard InChI is InChI=1S/C27H30N6O2S/c1-27(2,23-5-4-16-36-23)29-26(35)19-8-11-22-21(17-19)24(31-30-22)28-25(34)18-6-9-20(10-7-18)33-14-12-32(3)13-15-33/h4-11,16-17H,12-15H2,1-3H3,(H,29,35)(H2,28,30,31,34). The number of thiophene rings is 1. The van der Waals surface area contributed by atoms with Gasteiger partial charge in [-0.25, -0.2) is 0 Å². The molecule has 0 bridgehead atoms. The normalized spacial score (nSPS) is 14.7. The van der Waals surface area contributed by atoms with Crippen LogP contribution >= 0.6 is 11.3 Å². The van der Waals surface area contributed by atoms with Gasteiger partial charge in [-0.3, -0.25) is 14.7 Å². The van der Waals surface area contributed by atoms with Gasteiger partial charge in [-0.2, -0.15) is 5.10 Å². The van der Waals surface area contributed by atoms with Crippen molar-refractivity contribution in [2.75, 3.05) is 43.4 Å². The number of piperazine rings is 1. The maximum absolute atomic E-state index is 13.0. The molecule has 3 N–H and O–H groups in total. The van der Waals surface area contributed by atoms with Crippen LogP contribution in [0, 0.1) is 0 Å². The van der Waals surface area contributed by atoms with Gasteiger partial charge in [0.25, 0.3) is 11.8 Å². The average Bonchev–Trinajstić information content (AvgIpc) is 3.55. The van der Waals surface area contributed by atoms with Gasteiger partial charge in [0.15, 0.2) is 5.82 Å². The quantitative estimate of drug-likeness (QED) is 0.366. The minimum Gasteiger partial charge on any atom is -0.369 e. The van der Waals surface area contributed by atoms with Crippen LogP contribution < -0.4 is 15.5 Å². The van der Waals surface area contributed by atoms with E-state index in [-0.39, 0.29) is 11.8 Å². The third-order valence-electron chi connectivity index (χ3n) is 6.62. The molecule has 2 amide bonds. The molecule has 0 spiro atoms. The Kier molecular flexibility index (Phi) is 6.51. The van der Waals surface area contributed by atoms with Gasteiger partial charge in [0.2, 0.25) is 0 Å². The molecule has 9 heteroatoms. The summed E-state index contributed by atoms with van der Waals surface area (Å²) in [5, 5.41) is 15.9. The predicted octanol–water partition coefficient (Wildman–Crippen LogP) is 4.29. The number of nitrogens with one attached hydrogen (secondary N) is 3. The fourth-order valence-electron chi connectivity index (χ4n) is 4.37. The highest BCUT2D eigenvalue weighted by atomic mass is 32.1. The second kappa shape index (κ2) is 9.75. The first-order valence-corrected chi connectivity index (χ1v) is 12.9. The Morgan fingerprint density at radius 2 is 1.69 bits per heavy atom. The van der Waals surface area contributed by atoms with Crippen LogP contribution in [0.15, 0.2) is 60.0 Å². The number of nitrogens with zero attached hydrogens (tertiary/aromatic N) is 3. The Morgan fingerprint density at radius 1 is 0.972 bits per heavy atom. The van der Waals surface area contributed by atoms with Gasteiger partial charge in [-0.05, 0) is 74.8 Å². The smallest absolute Gasteiger partial charge is 0.256 e. The number of hydrogen-bond acceptors (Lipinski definition) is 6. The van der Waals surface area contributed by atoms with E-state index < -0.39 is 5.54 Å². The Labute approximate surface area is 214 Å². The molecule has 3 heterocycles. The molecule has 1 aliphatic rings. The van der Waals surface area contributed by atoms with E-state index in [0.717, 1.165) is 42.3 Å². The number of rotatable bonds is 6. The first kappa shape index (κ1) is 24.0. The van der Waals surface area contributed by atoms with Crippen molar-refractivity contribution < 1.29 is 9.59 Å². The molecule has 8 nitrogen and oxygen atoms in total. The molecule has 1 aliphatic heterocycles. The zero-order valence-corrected chi connectivity index (χ0v) is 21.5. The number of fused-ring (bicyclic) bond motifs is 1. The van der Waals surface area contributed by atoms with Crippen molar-refractivity contribution in [2.45, 2.75) is 19.4 Å². The van der Waals surface area contributed by atoms with Crippen LogP contribution in [0.5, 0.6) is 0 Å². The second-order valence-electron chi connectivity index (χ2n) is 9.68. The summed E-state index contributed by atoms with van der Waals surface area (Å²) in [7, 11) is 2.13. The first-order valence-electron chi connectivity index (χ1n) is 12.0.